The van der Waals surface area contributed by atoms with Crippen molar-refractivity contribution in [2.45, 2.75) is 33.1 Å². The van der Waals surface area contributed by atoms with E-state index in [1.807, 2.05) is 20.9 Å². The van der Waals surface area contributed by atoms with Gasteiger partial charge in [0.05, 0.1) is 18.8 Å². The van der Waals surface area contributed by atoms with E-state index < -0.39 is 0 Å². The number of hydrogen-bond acceptors (Lipinski definition) is 4. The van der Waals surface area contributed by atoms with E-state index >= 15 is 0 Å². The summed E-state index contributed by atoms with van der Waals surface area (Å²) >= 11 is 0. The van der Waals surface area contributed by atoms with E-state index in [1.165, 1.54) is 0 Å². The van der Waals surface area contributed by atoms with Crippen LogP contribution < -0.4 is 5.32 Å². The predicted molar refractivity (Wildman–Crippen MR) is 49.2 cm³/mol. The Bertz CT molecular complexity index is 246. The standard InChI is InChI=1S/C9H16N2O2/c1-7(2)12-6-8-4-11-9(13-8)5-10-3/h4,7,10H,5-6H2,1-3H3. The van der Waals surface area contributed by atoms with Crippen LogP contribution in [-0.2, 0) is 17.9 Å². The van der Waals surface area contributed by atoms with Gasteiger partial charge in [0.2, 0.25) is 5.89 Å². The van der Waals surface area contributed by atoms with Crippen LogP contribution in [0.4, 0.5) is 0 Å². The van der Waals surface area contributed by atoms with Crippen LogP contribution >= 0.6 is 0 Å². The van der Waals surface area contributed by atoms with Crippen LogP contribution in [0.15, 0.2) is 10.6 Å². The quantitative estimate of drug-likeness (QED) is 0.749. The second-order valence-electron chi connectivity index (χ2n) is 3.11. The van der Waals surface area contributed by atoms with Gasteiger partial charge < -0.3 is 14.5 Å². The zero-order valence-electron chi connectivity index (χ0n) is 8.33. The van der Waals surface area contributed by atoms with E-state index in [4.69, 9.17) is 9.15 Å². The monoisotopic (exact) mass is 184 g/mol. The summed E-state index contributed by atoms with van der Waals surface area (Å²) in [5.74, 6) is 1.48. The summed E-state index contributed by atoms with van der Waals surface area (Å²) in [5.41, 5.74) is 0. The van der Waals surface area contributed by atoms with Crippen LogP contribution in [0.1, 0.15) is 25.5 Å². The Labute approximate surface area is 78.3 Å². The molecule has 1 rings (SSSR count). The Balaban J connectivity index is 2.39. The molecule has 4 nitrogen and oxygen atoms in total. The van der Waals surface area contributed by atoms with Crippen molar-refractivity contribution in [1.82, 2.24) is 10.3 Å². The molecule has 0 fully saturated rings. The molecule has 0 spiro atoms. The minimum absolute atomic E-state index is 0.220. The van der Waals surface area contributed by atoms with Crippen molar-refractivity contribution in [3.8, 4) is 0 Å². The van der Waals surface area contributed by atoms with E-state index in [2.05, 4.69) is 10.3 Å². The molecule has 13 heavy (non-hydrogen) atoms. The molecule has 0 saturated carbocycles. The third kappa shape index (κ3) is 3.57. The smallest absolute Gasteiger partial charge is 0.208 e. The van der Waals surface area contributed by atoms with Gasteiger partial charge >= 0.3 is 0 Å². The number of nitrogens with zero attached hydrogens (tertiary/aromatic N) is 1. The lowest BCUT2D eigenvalue weighted by Gasteiger charge is -2.03. The van der Waals surface area contributed by atoms with Crippen molar-refractivity contribution < 1.29 is 9.15 Å². The fraction of sp³-hybridized carbons (Fsp3) is 0.667. The summed E-state index contributed by atoms with van der Waals surface area (Å²) in [5, 5.41) is 2.97. The number of aromatic nitrogens is 1. The summed E-state index contributed by atoms with van der Waals surface area (Å²) in [6.45, 7) is 5.13. The van der Waals surface area contributed by atoms with Crippen LogP contribution in [0.25, 0.3) is 0 Å². The van der Waals surface area contributed by atoms with Gasteiger partial charge in [-0.05, 0) is 20.9 Å². The fourth-order valence-electron chi connectivity index (χ4n) is 0.897. The lowest BCUT2D eigenvalue weighted by Crippen LogP contribution is -2.04. The van der Waals surface area contributed by atoms with Gasteiger partial charge in [-0.3, -0.25) is 0 Å². The zero-order chi connectivity index (χ0) is 9.68. The van der Waals surface area contributed by atoms with Crippen molar-refractivity contribution in [2.75, 3.05) is 7.05 Å². The first kappa shape index (κ1) is 10.2. The van der Waals surface area contributed by atoms with Gasteiger partial charge in [-0.15, -0.1) is 0 Å². The maximum Gasteiger partial charge on any atom is 0.208 e. The first-order valence-corrected chi connectivity index (χ1v) is 4.42. The number of ether oxygens (including phenoxy) is 1. The van der Waals surface area contributed by atoms with Gasteiger partial charge in [-0.2, -0.15) is 0 Å². The molecule has 0 saturated heterocycles. The van der Waals surface area contributed by atoms with Crippen molar-refractivity contribution >= 4 is 0 Å². The maximum absolute atomic E-state index is 5.38. The van der Waals surface area contributed by atoms with Crippen molar-refractivity contribution in [3.05, 3.63) is 17.8 Å². The Morgan fingerprint density at radius 3 is 3.00 bits per heavy atom. The summed E-state index contributed by atoms with van der Waals surface area (Å²) in [4.78, 5) is 4.07. The highest BCUT2D eigenvalue weighted by Crippen LogP contribution is 2.06. The summed E-state index contributed by atoms with van der Waals surface area (Å²) < 4.78 is 10.7. The van der Waals surface area contributed by atoms with Crippen LogP contribution in [0, 0.1) is 0 Å². The molecule has 0 atom stereocenters. The maximum atomic E-state index is 5.38. The Morgan fingerprint density at radius 1 is 1.62 bits per heavy atom. The highest BCUT2D eigenvalue weighted by molar-refractivity contribution is 4.92. The Hall–Kier alpha value is -0.870. The first-order chi connectivity index (χ1) is 6.22. The van der Waals surface area contributed by atoms with Gasteiger partial charge in [0.1, 0.15) is 12.4 Å². The van der Waals surface area contributed by atoms with Crippen LogP contribution in [0.5, 0.6) is 0 Å². The fourth-order valence-corrected chi connectivity index (χ4v) is 0.897. The minimum atomic E-state index is 0.220. The van der Waals surface area contributed by atoms with E-state index in [0.29, 0.717) is 19.0 Å². The Kier molecular flexibility index (Phi) is 3.92. The highest BCUT2D eigenvalue weighted by atomic mass is 16.5. The molecular weight excluding hydrogens is 168 g/mol. The molecule has 4 heteroatoms. The lowest BCUT2D eigenvalue weighted by molar-refractivity contribution is 0.0539. The molecule has 0 aliphatic carbocycles. The number of nitrogens with one attached hydrogen (secondary N) is 1. The SMILES string of the molecule is CNCc1ncc(COC(C)C)o1. The number of rotatable bonds is 5. The second-order valence-corrected chi connectivity index (χ2v) is 3.11. The van der Waals surface area contributed by atoms with Gasteiger partial charge in [-0.25, -0.2) is 4.98 Å². The third-order valence-corrected chi connectivity index (χ3v) is 1.49. The molecule has 74 valence electrons. The van der Waals surface area contributed by atoms with Crippen molar-refractivity contribution in [1.29, 1.82) is 0 Å². The Morgan fingerprint density at radius 2 is 2.38 bits per heavy atom. The first-order valence-electron chi connectivity index (χ1n) is 4.42. The van der Waals surface area contributed by atoms with Gasteiger partial charge in [-0.1, -0.05) is 0 Å². The average molecular weight is 184 g/mol. The average Bonchev–Trinajstić information content (AvgIpc) is 2.50. The van der Waals surface area contributed by atoms with E-state index in [9.17, 15) is 0 Å². The van der Waals surface area contributed by atoms with Gasteiger partial charge in [0.25, 0.3) is 0 Å². The molecule has 0 unspecified atom stereocenters. The van der Waals surface area contributed by atoms with Crippen molar-refractivity contribution in [2.24, 2.45) is 0 Å². The normalized spacial score (nSPS) is 11.1. The lowest BCUT2D eigenvalue weighted by atomic mass is 10.5. The molecule has 0 bridgehead atoms. The van der Waals surface area contributed by atoms with Crippen LogP contribution in [0.3, 0.4) is 0 Å². The summed E-state index contributed by atoms with van der Waals surface area (Å²) in [7, 11) is 1.86. The van der Waals surface area contributed by atoms with E-state index in [0.717, 1.165) is 5.76 Å². The molecule has 0 aliphatic rings. The summed E-state index contributed by atoms with van der Waals surface area (Å²) in [6.07, 6.45) is 1.92. The molecule has 0 aliphatic heterocycles. The van der Waals surface area contributed by atoms with Gasteiger partial charge in [0.15, 0.2) is 0 Å². The largest absolute Gasteiger partial charge is 0.442 e. The third-order valence-electron chi connectivity index (χ3n) is 1.49. The highest BCUT2D eigenvalue weighted by Gasteiger charge is 2.03. The van der Waals surface area contributed by atoms with Gasteiger partial charge in [0, 0.05) is 0 Å². The molecular formula is C9H16N2O2. The summed E-state index contributed by atoms with van der Waals surface area (Å²) in [6, 6.07) is 0. The number of oxazole rings is 1. The van der Waals surface area contributed by atoms with Crippen LogP contribution in [-0.4, -0.2) is 18.1 Å². The van der Waals surface area contributed by atoms with Crippen LogP contribution in [0.2, 0.25) is 0 Å². The molecule has 1 aromatic rings. The minimum Gasteiger partial charge on any atom is -0.442 e. The van der Waals surface area contributed by atoms with E-state index in [1.54, 1.807) is 6.20 Å². The molecule has 1 aromatic heterocycles. The topological polar surface area (TPSA) is 47.3 Å². The second kappa shape index (κ2) is 4.99. The predicted octanol–water partition coefficient (Wildman–Crippen LogP) is 1.32. The molecule has 1 heterocycles. The molecule has 0 amide bonds. The molecule has 0 radical (unpaired) electrons. The molecule has 0 aromatic carbocycles. The van der Waals surface area contributed by atoms with E-state index in [-0.39, 0.29) is 6.10 Å². The van der Waals surface area contributed by atoms with Crippen molar-refractivity contribution in [3.63, 3.8) is 0 Å². The molecule has 1 N–H and O–H groups in total. The number of hydrogen-bond donors (Lipinski definition) is 1. The zero-order valence-corrected chi connectivity index (χ0v) is 8.33.